The zero-order chi connectivity index (χ0) is 15.4. The van der Waals surface area contributed by atoms with Crippen LogP contribution in [0.1, 0.15) is 17.8 Å². The summed E-state index contributed by atoms with van der Waals surface area (Å²) in [7, 11) is 0. The summed E-state index contributed by atoms with van der Waals surface area (Å²) in [5.74, 6) is 0.803. The number of hydrogen-bond acceptors (Lipinski definition) is 2. The molecule has 0 saturated carbocycles. The molecule has 0 radical (unpaired) electrons. The molecule has 0 aliphatic heterocycles. The molecule has 2 aromatic carbocycles. The minimum Gasteiger partial charge on any atom is -0.349 e. The maximum absolute atomic E-state index is 11.9. The number of imidazole rings is 1. The molecule has 112 valence electrons. The maximum atomic E-state index is 11.9. The molecule has 1 amide bonds. The molecule has 0 fully saturated rings. The average molecular weight is 358 g/mol. The van der Waals surface area contributed by atoms with Crippen molar-refractivity contribution in [1.29, 1.82) is 0 Å². The second-order valence-corrected chi connectivity index (χ2v) is 6.02. The van der Waals surface area contributed by atoms with Crippen LogP contribution in [0.5, 0.6) is 0 Å². The van der Waals surface area contributed by atoms with Crippen molar-refractivity contribution in [3.8, 4) is 0 Å². The van der Waals surface area contributed by atoms with E-state index in [0.29, 0.717) is 13.0 Å². The Balaban J connectivity index is 1.51. The normalized spacial score (nSPS) is 10.8. The first-order valence-corrected chi connectivity index (χ1v) is 7.95. The molecule has 4 nitrogen and oxygen atoms in total. The van der Waals surface area contributed by atoms with Gasteiger partial charge in [0.05, 0.1) is 17.6 Å². The summed E-state index contributed by atoms with van der Waals surface area (Å²) in [4.78, 5) is 19.6. The van der Waals surface area contributed by atoms with Gasteiger partial charge in [0.1, 0.15) is 5.82 Å². The SMILES string of the molecule is O=C(CCc1cccc(Br)c1)NCc1nc2ccccc2[nH]1. The van der Waals surface area contributed by atoms with Crippen molar-refractivity contribution < 1.29 is 4.79 Å². The van der Waals surface area contributed by atoms with Gasteiger partial charge in [-0.3, -0.25) is 4.79 Å². The molecule has 5 heteroatoms. The summed E-state index contributed by atoms with van der Waals surface area (Å²) in [6, 6.07) is 15.8. The number of carbonyl (C=O) groups is 1. The fourth-order valence-electron chi connectivity index (χ4n) is 2.31. The van der Waals surface area contributed by atoms with Crippen LogP contribution in [0.3, 0.4) is 0 Å². The molecule has 0 unspecified atom stereocenters. The van der Waals surface area contributed by atoms with E-state index < -0.39 is 0 Å². The van der Waals surface area contributed by atoms with E-state index in [1.165, 1.54) is 0 Å². The number of aromatic amines is 1. The summed E-state index contributed by atoms with van der Waals surface area (Å²) >= 11 is 3.43. The van der Waals surface area contributed by atoms with Crippen LogP contribution in [0.4, 0.5) is 0 Å². The van der Waals surface area contributed by atoms with E-state index in [0.717, 1.165) is 33.3 Å². The number of aromatic nitrogens is 2. The van der Waals surface area contributed by atoms with Gasteiger partial charge in [-0.05, 0) is 36.2 Å². The summed E-state index contributed by atoms with van der Waals surface area (Å²) in [6.07, 6.45) is 1.20. The third-order valence-corrected chi connectivity index (χ3v) is 3.91. The summed E-state index contributed by atoms with van der Waals surface area (Å²) in [5.41, 5.74) is 3.05. The zero-order valence-electron chi connectivity index (χ0n) is 12.0. The Morgan fingerprint density at radius 3 is 2.86 bits per heavy atom. The van der Waals surface area contributed by atoms with Crippen LogP contribution in [-0.2, 0) is 17.8 Å². The molecule has 0 saturated heterocycles. The van der Waals surface area contributed by atoms with Gasteiger partial charge < -0.3 is 10.3 Å². The Labute approximate surface area is 137 Å². The van der Waals surface area contributed by atoms with E-state index >= 15 is 0 Å². The van der Waals surface area contributed by atoms with E-state index in [1.54, 1.807) is 0 Å². The van der Waals surface area contributed by atoms with Gasteiger partial charge in [0.2, 0.25) is 5.91 Å². The van der Waals surface area contributed by atoms with Gasteiger partial charge in [0, 0.05) is 10.9 Å². The lowest BCUT2D eigenvalue weighted by atomic mass is 10.1. The highest BCUT2D eigenvalue weighted by atomic mass is 79.9. The second kappa shape index (κ2) is 6.75. The Hall–Kier alpha value is -2.14. The Morgan fingerprint density at radius 1 is 1.18 bits per heavy atom. The van der Waals surface area contributed by atoms with Crippen LogP contribution in [0.25, 0.3) is 11.0 Å². The van der Waals surface area contributed by atoms with E-state index in [2.05, 4.69) is 31.2 Å². The van der Waals surface area contributed by atoms with Gasteiger partial charge in [0.15, 0.2) is 0 Å². The molecule has 1 heterocycles. The first-order chi connectivity index (χ1) is 10.7. The summed E-state index contributed by atoms with van der Waals surface area (Å²) in [6.45, 7) is 0.423. The monoisotopic (exact) mass is 357 g/mol. The van der Waals surface area contributed by atoms with Crippen LogP contribution in [0.2, 0.25) is 0 Å². The minimum absolute atomic E-state index is 0.0282. The van der Waals surface area contributed by atoms with Gasteiger partial charge in [-0.25, -0.2) is 4.98 Å². The third-order valence-electron chi connectivity index (χ3n) is 3.42. The number of H-pyrrole nitrogens is 1. The number of halogens is 1. The average Bonchev–Trinajstić information content (AvgIpc) is 2.94. The molecule has 22 heavy (non-hydrogen) atoms. The molecule has 0 aliphatic carbocycles. The third kappa shape index (κ3) is 3.74. The van der Waals surface area contributed by atoms with Crippen molar-refractivity contribution in [2.24, 2.45) is 0 Å². The highest BCUT2D eigenvalue weighted by molar-refractivity contribution is 9.10. The maximum Gasteiger partial charge on any atom is 0.220 e. The molecule has 3 rings (SSSR count). The lowest BCUT2D eigenvalue weighted by molar-refractivity contribution is -0.121. The Bertz CT molecular complexity index is 764. The number of hydrogen-bond donors (Lipinski definition) is 2. The number of rotatable bonds is 5. The molecule has 3 aromatic rings. The molecular weight excluding hydrogens is 342 g/mol. The summed E-state index contributed by atoms with van der Waals surface area (Å²) < 4.78 is 1.03. The molecular formula is C17H16BrN3O. The van der Waals surface area contributed by atoms with Gasteiger partial charge in [-0.15, -0.1) is 0 Å². The second-order valence-electron chi connectivity index (χ2n) is 5.11. The topological polar surface area (TPSA) is 57.8 Å². The fourth-order valence-corrected chi connectivity index (χ4v) is 2.76. The van der Waals surface area contributed by atoms with E-state index in [-0.39, 0.29) is 5.91 Å². The molecule has 0 atom stereocenters. The smallest absolute Gasteiger partial charge is 0.220 e. The molecule has 0 aliphatic rings. The lowest BCUT2D eigenvalue weighted by Gasteiger charge is -2.04. The van der Waals surface area contributed by atoms with E-state index in [1.807, 2.05) is 48.5 Å². The van der Waals surface area contributed by atoms with Crippen LogP contribution >= 0.6 is 15.9 Å². The predicted octanol–water partition coefficient (Wildman–Crippen LogP) is 3.57. The Morgan fingerprint density at radius 2 is 2.05 bits per heavy atom. The van der Waals surface area contributed by atoms with Crippen LogP contribution in [0.15, 0.2) is 53.0 Å². The van der Waals surface area contributed by atoms with Crippen molar-refractivity contribution in [1.82, 2.24) is 15.3 Å². The number of aryl methyl sites for hydroxylation is 1. The molecule has 1 aromatic heterocycles. The highest BCUT2D eigenvalue weighted by Gasteiger charge is 2.05. The van der Waals surface area contributed by atoms with Crippen molar-refractivity contribution in [2.45, 2.75) is 19.4 Å². The highest BCUT2D eigenvalue weighted by Crippen LogP contribution is 2.13. The number of para-hydroxylation sites is 2. The predicted molar refractivity (Wildman–Crippen MR) is 90.4 cm³/mol. The van der Waals surface area contributed by atoms with Gasteiger partial charge in [-0.1, -0.05) is 40.2 Å². The van der Waals surface area contributed by atoms with Crippen molar-refractivity contribution in [3.63, 3.8) is 0 Å². The standard InChI is InChI=1S/C17H16BrN3O/c18-13-5-3-4-12(10-13)8-9-17(22)19-11-16-20-14-6-1-2-7-15(14)21-16/h1-7,10H,8-9,11H2,(H,19,22)(H,20,21). The number of nitrogens with one attached hydrogen (secondary N) is 2. The number of carbonyl (C=O) groups excluding carboxylic acids is 1. The van der Waals surface area contributed by atoms with Gasteiger partial charge >= 0.3 is 0 Å². The van der Waals surface area contributed by atoms with Crippen LogP contribution in [-0.4, -0.2) is 15.9 Å². The van der Waals surface area contributed by atoms with Crippen LogP contribution in [0, 0.1) is 0 Å². The number of nitrogens with zero attached hydrogens (tertiary/aromatic N) is 1. The van der Waals surface area contributed by atoms with Gasteiger partial charge in [-0.2, -0.15) is 0 Å². The first kappa shape index (κ1) is 14.8. The van der Waals surface area contributed by atoms with E-state index in [4.69, 9.17) is 0 Å². The minimum atomic E-state index is 0.0282. The van der Waals surface area contributed by atoms with Crippen molar-refractivity contribution >= 4 is 32.9 Å². The lowest BCUT2D eigenvalue weighted by Crippen LogP contribution is -2.23. The van der Waals surface area contributed by atoms with Crippen molar-refractivity contribution in [3.05, 3.63) is 64.4 Å². The number of fused-ring (bicyclic) bond motifs is 1. The summed E-state index contributed by atoms with van der Waals surface area (Å²) in [5, 5.41) is 2.90. The zero-order valence-corrected chi connectivity index (χ0v) is 13.6. The first-order valence-electron chi connectivity index (χ1n) is 7.15. The van der Waals surface area contributed by atoms with Crippen LogP contribution < -0.4 is 5.32 Å². The van der Waals surface area contributed by atoms with E-state index in [9.17, 15) is 4.79 Å². The number of amides is 1. The fraction of sp³-hybridized carbons (Fsp3) is 0.176. The van der Waals surface area contributed by atoms with Gasteiger partial charge in [0.25, 0.3) is 0 Å². The van der Waals surface area contributed by atoms with Crippen molar-refractivity contribution in [2.75, 3.05) is 0 Å². The molecule has 0 bridgehead atoms. The quantitative estimate of drug-likeness (QED) is 0.733. The number of benzene rings is 2. The molecule has 2 N–H and O–H groups in total. The Kier molecular flexibility index (Phi) is 4.53. The molecule has 0 spiro atoms. The largest absolute Gasteiger partial charge is 0.349 e.